The molecule has 0 saturated heterocycles. The van der Waals surface area contributed by atoms with Crippen LogP contribution >= 0.6 is 0 Å². The molecule has 1 aromatic rings. The lowest BCUT2D eigenvalue weighted by Gasteiger charge is -2.08. The van der Waals surface area contributed by atoms with E-state index < -0.39 is 0 Å². The zero-order chi connectivity index (χ0) is 13.9. The molecule has 0 saturated carbocycles. The molecule has 0 spiro atoms. The van der Waals surface area contributed by atoms with Crippen molar-refractivity contribution >= 4 is 5.96 Å². The summed E-state index contributed by atoms with van der Waals surface area (Å²) in [4.78, 5) is 4.31. The summed E-state index contributed by atoms with van der Waals surface area (Å²) in [5.74, 6) is 0.434. The minimum Gasteiger partial charge on any atom is -0.383 e. The molecule has 0 bridgehead atoms. The number of rotatable bonds is 8. The average Bonchev–Trinajstić information content (AvgIpc) is 2.44. The molecule has 0 aliphatic heterocycles. The molecule has 106 valence electrons. The van der Waals surface area contributed by atoms with Gasteiger partial charge < -0.3 is 20.5 Å². The van der Waals surface area contributed by atoms with Crippen LogP contribution in [-0.4, -0.2) is 32.8 Å². The smallest absolute Gasteiger partial charge is 0.188 e. The number of methoxy groups -OCH3 is 1. The van der Waals surface area contributed by atoms with Crippen LogP contribution in [-0.2, 0) is 22.6 Å². The quantitative estimate of drug-likeness (QED) is 0.422. The van der Waals surface area contributed by atoms with Crippen LogP contribution in [0.15, 0.2) is 29.3 Å². The van der Waals surface area contributed by atoms with E-state index >= 15 is 0 Å². The summed E-state index contributed by atoms with van der Waals surface area (Å²) in [6, 6.07) is 8.09. The van der Waals surface area contributed by atoms with Crippen LogP contribution in [0.4, 0.5) is 0 Å². The Morgan fingerprint density at radius 3 is 2.74 bits per heavy atom. The molecule has 0 heterocycles. The Morgan fingerprint density at radius 1 is 1.32 bits per heavy atom. The Labute approximate surface area is 114 Å². The van der Waals surface area contributed by atoms with E-state index in [9.17, 15) is 0 Å². The van der Waals surface area contributed by atoms with Gasteiger partial charge in [-0.3, -0.25) is 0 Å². The highest BCUT2D eigenvalue weighted by atomic mass is 16.5. The molecule has 0 aromatic heterocycles. The summed E-state index contributed by atoms with van der Waals surface area (Å²) in [6.45, 7) is 5.12. The summed E-state index contributed by atoms with van der Waals surface area (Å²) in [5.41, 5.74) is 8.05. The van der Waals surface area contributed by atoms with E-state index in [0.29, 0.717) is 38.9 Å². The summed E-state index contributed by atoms with van der Waals surface area (Å²) in [6.07, 6.45) is 0. The van der Waals surface area contributed by atoms with E-state index in [4.69, 9.17) is 15.2 Å². The average molecular weight is 265 g/mol. The van der Waals surface area contributed by atoms with Crippen molar-refractivity contribution in [2.24, 2.45) is 10.7 Å². The van der Waals surface area contributed by atoms with Gasteiger partial charge in [-0.1, -0.05) is 24.3 Å². The van der Waals surface area contributed by atoms with Gasteiger partial charge >= 0.3 is 0 Å². The van der Waals surface area contributed by atoms with Gasteiger partial charge in [0.25, 0.3) is 0 Å². The fourth-order valence-corrected chi connectivity index (χ4v) is 1.57. The second-order valence-electron chi connectivity index (χ2n) is 4.03. The monoisotopic (exact) mass is 265 g/mol. The first-order valence-electron chi connectivity index (χ1n) is 6.45. The maximum atomic E-state index is 5.76. The summed E-state index contributed by atoms with van der Waals surface area (Å²) < 4.78 is 10.4. The van der Waals surface area contributed by atoms with E-state index in [0.717, 1.165) is 11.1 Å². The number of aliphatic imine (C=N–C) groups is 1. The predicted molar refractivity (Wildman–Crippen MR) is 77.0 cm³/mol. The van der Waals surface area contributed by atoms with Crippen LogP contribution in [0, 0.1) is 0 Å². The first kappa shape index (κ1) is 15.5. The van der Waals surface area contributed by atoms with Crippen LogP contribution in [0.2, 0.25) is 0 Å². The second-order valence-corrected chi connectivity index (χ2v) is 4.03. The van der Waals surface area contributed by atoms with Crippen LogP contribution < -0.4 is 11.1 Å². The van der Waals surface area contributed by atoms with Crippen molar-refractivity contribution in [1.29, 1.82) is 0 Å². The molecule has 1 rings (SSSR count). The Bertz CT molecular complexity index is 394. The molecule has 3 N–H and O–H groups in total. The highest BCUT2D eigenvalue weighted by molar-refractivity contribution is 5.77. The third-order valence-electron chi connectivity index (χ3n) is 2.61. The first-order valence-corrected chi connectivity index (χ1v) is 6.45. The molecule has 5 nitrogen and oxygen atoms in total. The standard InChI is InChI=1S/C14H23N3O2/c1-3-19-11-13-7-5-4-6-12(13)10-17-14(15)16-8-9-18-2/h4-7H,3,8-11H2,1-2H3,(H3,15,16,17). The van der Waals surface area contributed by atoms with E-state index in [1.807, 2.05) is 25.1 Å². The number of nitrogens with two attached hydrogens (primary N) is 1. The molecular formula is C14H23N3O2. The van der Waals surface area contributed by atoms with Gasteiger partial charge in [0.15, 0.2) is 5.96 Å². The molecule has 0 aliphatic carbocycles. The van der Waals surface area contributed by atoms with Gasteiger partial charge in [-0.2, -0.15) is 0 Å². The van der Waals surface area contributed by atoms with Crippen molar-refractivity contribution in [3.63, 3.8) is 0 Å². The third-order valence-corrected chi connectivity index (χ3v) is 2.61. The van der Waals surface area contributed by atoms with E-state index in [1.54, 1.807) is 7.11 Å². The predicted octanol–water partition coefficient (Wildman–Crippen LogP) is 1.27. The minimum absolute atomic E-state index is 0.434. The van der Waals surface area contributed by atoms with Gasteiger partial charge in [-0.25, -0.2) is 4.99 Å². The maximum absolute atomic E-state index is 5.76. The van der Waals surface area contributed by atoms with Gasteiger partial charge in [-0.15, -0.1) is 0 Å². The number of benzene rings is 1. The number of hydrogen-bond donors (Lipinski definition) is 2. The van der Waals surface area contributed by atoms with Gasteiger partial charge in [0, 0.05) is 20.3 Å². The molecule has 0 atom stereocenters. The van der Waals surface area contributed by atoms with Crippen molar-refractivity contribution in [2.45, 2.75) is 20.1 Å². The van der Waals surface area contributed by atoms with Gasteiger partial charge in [-0.05, 0) is 18.1 Å². The summed E-state index contributed by atoms with van der Waals surface area (Å²) >= 11 is 0. The van der Waals surface area contributed by atoms with Crippen molar-refractivity contribution in [1.82, 2.24) is 5.32 Å². The molecule has 0 fully saturated rings. The third kappa shape index (κ3) is 6.22. The number of hydrogen-bond acceptors (Lipinski definition) is 3. The van der Waals surface area contributed by atoms with Crippen LogP contribution in [0.5, 0.6) is 0 Å². The maximum Gasteiger partial charge on any atom is 0.188 e. The zero-order valence-electron chi connectivity index (χ0n) is 11.7. The van der Waals surface area contributed by atoms with Gasteiger partial charge in [0.05, 0.1) is 19.8 Å². The Morgan fingerprint density at radius 2 is 2.05 bits per heavy atom. The molecule has 0 radical (unpaired) electrons. The Kier molecular flexibility index (Phi) is 7.62. The first-order chi connectivity index (χ1) is 9.27. The van der Waals surface area contributed by atoms with Crippen molar-refractivity contribution in [2.75, 3.05) is 26.9 Å². The van der Waals surface area contributed by atoms with E-state index in [1.165, 1.54) is 0 Å². The fraction of sp³-hybridized carbons (Fsp3) is 0.500. The lowest BCUT2D eigenvalue weighted by Crippen LogP contribution is -2.34. The minimum atomic E-state index is 0.434. The highest BCUT2D eigenvalue weighted by Gasteiger charge is 2.01. The van der Waals surface area contributed by atoms with Gasteiger partial charge in [0.1, 0.15) is 0 Å². The van der Waals surface area contributed by atoms with E-state index in [-0.39, 0.29) is 0 Å². The number of nitrogens with zero attached hydrogens (tertiary/aromatic N) is 1. The van der Waals surface area contributed by atoms with Crippen LogP contribution in [0.25, 0.3) is 0 Å². The van der Waals surface area contributed by atoms with Crippen molar-refractivity contribution in [3.05, 3.63) is 35.4 Å². The normalized spacial score (nSPS) is 11.6. The SMILES string of the molecule is CCOCc1ccccc1CN=C(N)NCCOC. The molecule has 0 amide bonds. The highest BCUT2D eigenvalue weighted by Crippen LogP contribution is 2.11. The largest absolute Gasteiger partial charge is 0.383 e. The Hall–Kier alpha value is -1.59. The van der Waals surface area contributed by atoms with Crippen LogP contribution in [0.1, 0.15) is 18.1 Å². The topological polar surface area (TPSA) is 68.9 Å². The fourth-order valence-electron chi connectivity index (χ4n) is 1.57. The zero-order valence-corrected chi connectivity index (χ0v) is 11.7. The van der Waals surface area contributed by atoms with Crippen LogP contribution in [0.3, 0.4) is 0 Å². The lowest BCUT2D eigenvalue weighted by molar-refractivity contribution is 0.133. The summed E-state index contributed by atoms with van der Waals surface area (Å²) in [7, 11) is 1.65. The number of ether oxygens (including phenoxy) is 2. The molecule has 0 unspecified atom stereocenters. The van der Waals surface area contributed by atoms with E-state index in [2.05, 4.69) is 16.4 Å². The molecule has 1 aromatic carbocycles. The summed E-state index contributed by atoms with van der Waals surface area (Å²) in [5, 5.41) is 2.99. The van der Waals surface area contributed by atoms with Crippen molar-refractivity contribution in [3.8, 4) is 0 Å². The van der Waals surface area contributed by atoms with Crippen molar-refractivity contribution < 1.29 is 9.47 Å². The second kappa shape index (κ2) is 9.35. The number of guanidine groups is 1. The number of nitrogens with one attached hydrogen (secondary N) is 1. The molecule has 19 heavy (non-hydrogen) atoms. The molecule has 5 heteroatoms. The lowest BCUT2D eigenvalue weighted by atomic mass is 10.1. The molecule has 0 aliphatic rings. The molecular weight excluding hydrogens is 242 g/mol. The Balaban J connectivity index is 2.53. The van der Waals surface area contributed by atoms with Gasteiger partial charge in [0.2, 0.25) is 0 Å².